The molecule has 0 spiro atoms. The zero-order valence-electron chi connectivity index (χ0n) is 15.0. The van der Waals surface area contributed by atoms with Crippen molar-refractivity contribution in [2.24, 2.45) is 0 Å². The zero-order valence-corrected chi connectivity index (χ0v) is 15.0. The Morgan fingerprint density at radius 2 is 1.75 bits per heavy atom. The lowest BCUT2D eigenvalue weighted by Crippen LogP contribution is -2.50. The molecule has 9 heteroatoms. The van der Waals surface area contributed by atoms with Crippen LogP contribution in [0.15, 0.2) is 59.5 Å². The Morgan fingerprint density at radius 3 is 2.39 bits per heavy atom. The maximum Gasteiger partial charge on any atom is 0.253 e. The standard InChI is InChI=1S/C19H18N6O3/c26-18(8-7-17-2-1-13-28-17)23-9-11-24(12-10-23)19(27)15-3-5-16(6-4-15)25-14-20-21-22-25/h1-8,13-14H,9-12H2. The van der Waals surface area contributed by atoms with Crippen molar-refractivity contribution in [2.75, 3.05) is 26.2 Å². The summed E-state index contributed by atoms with van der Waals surface area (Å²) in [5.74, 6) is 0.489. The smallest absolute Gasteiger partial charge is 0.253 e. The summed E-state index contributed by atoms with van der Waals surface area (Å²) in [6, 6.07) is 10.6. The molecule has 2 amide bonds. The molecule has 0 radical (unpaired) electrons. The molecule has 0 atom stereocenters. The van der Waals surface area contributed by atoms with Crippen molar-refractivity contribution in [2.45, 2.75) is 0 Å². The maximum absolute atomic E-state index is 12.7. The topological polar surface area (TPSA) is 97.4 Å². The molecule has 1 aromatic carbocycles. The van der Waals surface area contributed by atoms with Gasteiger partial charge in [-0.1, -0.05) is 0 Å². The van der Waals surface area contributed by atoms with Crippen molar-refractivity contribution in [3.05, 3.63) is 66.4 Å². The number of nitrogens with zero attached hydrogens (tertiary/aromatic N) is 6. The van der Waals surface area contributed by atoms with Crippen LogP contribution in [0, 0.1) is 0 Å². The lowest BCUT2D eigenvalue weighted by molar-refractivity contribution is -0.127. The van der Waals surface area contributed by atoms with Crippen LogP contribution in [0.3, 0.4) is 0 Å². The number of benzene rings is 1. The van der Waals surface area contributed by atoms with Crippen molar-refractivity contribution in [3.8, 4) is 5.69 Å². The van der Waals surface area contributed by atoms with Crippen molar-refractivity contribution in [1.82, 2.24) is 30.0 Å². The highest BCUT2D eigenvalue weighted by Crippen LogP contribution is 2.13. The minimum Gasteiger partial charge on any atom is -0.465 e. The van der Waals surface area contributed by atoms with Gasteiger partial charge < -0.3 is 14.2 Å². The molecule has 9 nitrogen and oxygen atoms in total. The van der Waals surface area contributed by atoms with Crippen LogP contribution in [0.4, 0.5) is 0 Å². The van der Waals surface area contributed by atoms with Crippen LogP contribution >= 0.6 is 0 Å². The van der Waals surface area contributed by atoms with Gasteiger partial charge in [-0.15, -0.1) is 5.10 Å². The molecule has 3 aromatic rings. The molecular formula is C19H18N6O3. The van der Waals surface area contributed by atoms with E-state index < -0.39 is 0 Å². The van der Waals surface area contributed by atoms with Crippen LogP contribution in [-0.2, 0) is 4.79 Å². The van der Waals surface area contributed by atoms with Crippen molar-refractivity contribution >= 4 is 17.9 Å². The predicted molar refractivity (Wildman–Crippen MR) is 99.4 cm³/mol. The van der Waals surface area contributed by atoms with Crippen molar-refractivity contribution in [3.63, 3.8) is 0 Å². The third kappa shape index (κ3) is 3.83. The fourth-order valence-corrected chi connectivity index (χ4v) is 2.99. The van der Waals surface area contributed by atoms with Gasteiger partial charge in [-0.2, -0.15) is 0 Å². The summed E-state index contributed by atoms with van der Waals surface area (Å²) < 4.78 is 6.70. The molecule has 1 aliphatic heterocycles. The number of hydrogen-bond acceptors (Lipinski definition) is 6. The number of furan rings is 1. The Kier molecular flexibility index (Phi) is 4.96. The largest absolute Gasteiger partial charge is 0.465 e. The number of tetrazole rings is 1. The minimum atomic E-state index is -0.0886. The molecule has 0 N–H and O–H groups in total. The predicted octanol–water partition coefficient (Wildman–Crippen LogP) is 1.25. The molecule has 3 heterocycles. The Morgan fingerprint density at radius 1 is 1.00 bits per heavy atom. The van der Waals surface area contributed by atoms with Gasteiger partial charge in [0.25, 0.3) is 5.91 Å². The first-order valence-corrected chi connectivity index (χ1v) is 8.84. The lowest BCUT2D eigenvalue weighted by atomic mass is 10.1. The van der Waals surface area contributed by atoms with E-state index in [4.69, 9.17) is 4.42 Å². The van der Waals surface area contributed by atoms with E-state index in [0.29, 0.717) is 37.5 Å². The average molecular weight is 378 g/mol. The van der Waals surface area contributed by atoms with Crippen molar-refractivity contribution < 1.29 is 14.0 Å². The van der Waals surface area contributed by atoms with E-state index in [-0.39, 0.29) is 11.8 Å². The minimum absolute atomic E-state index is 0.0542. The summed E-state index contributed by atoms with van der Waals surface area (Å²) in [4.78, 5) is 28.5. The molecule has 28 heavy (non-hydrogen) atoms. The number of aromatic nitrogens is 4. The molecule has 2 aromatic heterocycles. The molecule has 0 saturated carbocycles. The highest BCUT2D eigenvalue weighted by atomic mass is 16.3. The van der Waals surface area contributed by atoms with Gasteiger partial charge in [0.15, 0.2) is 0 Å². The first kappa shape index (κ1) is 17.7. The normalized spacial score (nSPS) is 14.6. The van der Waals surface area contributed by atoms with Gasteiger partial charge in [0, 0.05) is 37.8 Å². The number of carbonyl (C=O) groups excluding carboxylic acids is 2. The van der Waals surface area contributed by atoms with E-state index in [2.05, 4.69) is 15.5 Å². The second kappa shape index (κ2) is 7.87. The number of rotatable bonds is 4. The molecule has 1 saturated heterocycles. The highest BCUT2D eigenvalue weighted by molar-refractivity contribution is 5.95. The van der Waals surface area contributed by atoms with E-state index in [1.54, 1.807) is 58.5 Å². The monoisotopic (exact) mass is 378 g/mol. The molecule has 0 unspecified atom stereocenters. The van der Waals surface area contributed by atoms with E-state index in [1.165, 1.54) is 17.1 Å². The first-order chi connectivity index (χ1) is 13.7. The summed E-state index contributed by atoms with van der Waals surface area (Å²) in [6.07, 6.45) is 6.19. The first-order valence-electron chi connectivity index (χ1n) is 8.84. The fraction of sp³-hybridized carbons (Fsp3) is 0.211. The average Bonchev–Trinajstić information content (AvgIpc) is 3.46. The SMILES string of the molecule is O=C(C=Cc1ccco1)N1CCN(C(=O)c2ccc(-n3cnnn3)cc2)CC1. The van der Waals surface area contributed by atoms with Crippen LogP contribution in [-0.4, -0.2) is 68.0 Å². The van der Waals surface area contributed by atoms with Gasteiger partial charge in [0.2, 0.25) is 5.91 Å². The van der Waals surface area contributed by atoms with Crippen LogP contribution in [0.2, 0.25) is 0 Å². The van der Waals surface area contributed by atoms with Gasteiger partial charge in [-0.05, 0) is 52.9 Å². The third-order valence-corrected chi connectivity index (χ3v) is 4.54. The van der Waals surface area contributed by atoms with Crippen LogP contribution < -0.4 is 0 Å². The Bertz CT molecular complexity index is 956. The third-order valence-electron chi connectivity index (χ3n) is 4.54. The summed E-state index contributed by atoms with van der Waals surface area (Å²) in [5, 5.41) is 11.0. The van der Waals surface area contributed by atoms with Gasteiger partial charge in [-0.3, -0.25) is 9.59 Å². The molecule has 4 rings (SSSR count). The molecule has 1 fully saturated rings. The van der Waals surface area contributed by atoms with E-state index in [9.17, 15) is 9.59 Å². The quantitative estimate of drug-likeness (QED) is 0.634. The lowest BCUT2D eigenvalue weighted by Gasteiger charge is -2.34. The van der Waals surface area contributed by atoms with Crippen LogP contribution in [0.1, 0.15) is 16.1 Å². The Balaban J connectivity index is 1.33. The van der Waals surface area contributed by atoms with Crippen LogP contribution in [0.25, 0.3) is 11.8 Å². The highest BCUT2D eigenvalue weighted by Gasteiger charge is 2.24. The zero-order chi connectivity index (χ0) is 19.3. The Hall–Kier alpha value is -3.75. The fourth-order valence-electron chi connectivity index (χ4n) is 2.99. The molecule has 0 bridgehead atoms. The molecule has 142 valence electrons. The summed E-state index contributed by atoms with van der Waals surface area (Å²) in [5.41, 5.74) is 1.37. The second-order valence-corrected chi connectivity index (χ2v) is 6.27. The van der Waals surface area contributed by atoms with Crippen molar-refractivity contribution in [1.29, 1.82) is 0 Å². The number of piperazine rings is 1. The number of hydrogen-bond donors (Lipinski definition) is 0. The van der Waals surface area contributed by atoms with Gasteiger partial charge >= 0.3 is 0 Å². The summed E-state index contributed by atoms with van der Waals surface area (Å²) >= 11 is 0. The summed E-state index contributed by atoms with van der Waals surface area (Å²) in [7, 11) is 0. The van der Waals surface area contributed by atoms with Gasteiger partial charge in [-0.25, -0.2) is 4.68 Å². The van der Waals surface area contributed by atoms with E-state index in [0.717, 1.165) is 5.69 Å². The van der Waals surface area contributed by atoms with E-state index in [1.807, 2.05) is 0 Å². The Labute approximate surface area is 160 Å². The second-order valence-electron chi connectivity index (χ2n) is 6.27. The summed E-state index contributed by atoms with van der Waals surface area (Å²) in [6.45, 7) is 1.98. The van der Waals surface area contributed by atoms with Crippen LogP contribution in [0.5, 0.6) is 0 Å². The van der Waals surface area contributed by atoms with Gasteiger partial charge in [0.05, 0.1) is 12.0 Å². The molecule has 1 aliphatic rings. The maximum atomic E-state index is 12.7. The molecule has 0 aliphatic carbocycles. The number of amides is 2. The molecular weight excluding hydrogens is 360 g/mol. The van der Waals surface area contributed by atoms with Gasteiger partial charge in [0.1, 0.15) is 12.1 Å². The van der Waals surface area contributed by atoms with E-state index >= 15 is 0 Å². The number of carbonyl (C=O) groups is 2.